The number of aryl methyl sites for hydroxylation is 1. The molecule has 2 unspecified atom stereocenters. The Morgan fingerprint density at radius 2 is 2.33 bits per heavy atom. The van der Waals surface area contributed by atoms with Crippen LogP contribution >= 0.6 is 11.8 Å². The molecule has 1 N–H and O–H groups in total. The van der Waals surface area contributed by atoms with E-state index in [1.54, 1.807) is 4.68 Å². The van der Waals surface area contributed by atoms with Crippen LogP contribution < -0.4 is 0 Å². The van der Waals surface area contributed by atoms with Gasteiger partial charge in [0.2, 0.25) is 0 Å². The third-order valence-corrected chi connectivity index (χ3v) is 4.32. The summed E-state index contributed by atoms with van der Waals surface area (Å²) in [5.41, 5.74) is 0. The summed E-state index contributed by atoms with van der Waals surface area (Å²) in [4.78, 5) is 4.56. The smallest absolute Gasteiger partial charge is 0.154 e. The molecule has 82 valence electrons. The lowest BCUT2D eigenvalue weighted by Gasteiger charge is -2.17. The normalized spacial score (nSPS) is 30.5. The van der Waals surface area contributed by atoms with Crippen molar-refractivity contribution < 1.29 is 5.11 Å². The second kappa shape index (κ2) is 3.79. The topological polar surface area (TPSA) is 50.9 Å². The fourth-order valence-corrected chi connectivity index (χ4v) is 3.48. The molecular weight excluding hydrogens is 210 g/mol. The molecule has 0 spiro atoms. The Kier molecular flexibility index (Phi) is 2.44. The van der Waals surface area contributed by atoms with Crippen molar-refractivity contribution in [2.24, 2.45) is 0 Å². The van der Waals surface area contributed by atoms with Crippen LogP contribution in [-0.4, -0.2) is 31.4 Å². The van der Waals surface area contributed by atoms with E-state index in [0.717, 1.165) is 36.7 Å². The van der Waals surface area contributed by atoms with Crippen molar-refractivity contribution in [2.45, 2.75) is 37.8 Å². The summed E-state index contributed by atoms with van der Waals surface area (Å²) in [7, 11) is 0. The summed E-state index contributed by atoms with van der Waals surface area (Å²) in [6.07, 6.45) is 3.55. The molecule has 5 heteroatoms. The van der Waals surface area contributed by atoms with Crippen LogP contribution in [0.1, 0.15) is 43.1 Å². The van der Waals surface area contributed by atoms with Gasteiger partial charge < -0.3 is 5.11 Å². The van der Waals surface area contributed by atoms with E-state index in [1.807, 2.05) is 11.8 Å². The molecule has 4 nitrogen and oxygen atoms in total. The SMILES string of the molecule is OC1CCCc2nc(C3CCSC3)nn21. The highest BCUT2D eigenvalue weighted by Crippen LogP contribution is 2.32. The minimum atomic E-state index is -0.441. The monoisotopic (exact) mass is 225 g/mol. The highest BCUT2D eigenvalue weighted by Gasteiger charge is 2.26. The number of aromatic nitrogens is 3. The predicted octanol–water partition coefficient (Wildman–Crippen LogP) is 1.33. The van der Waals surface area contributed by atoms with Gasteiger partial charge in [0.25, 0.3) is 0 Å². The number of thioether (sulfide) groups is 1. The van der Waals surface area contributed by atoms with E-state index in [0.29, 0.717) is 5.92 Å². The van der Waals surface area contributed by atoms with E-state index < -0.39 is 6.23 Å². The Morgan fingerprint density at radius 3 is 3.07 bits per heavy atom. The Morgan fingerprint density at radius 1 is 1.40 bits per heavy atom. The molecule has 0 amide bonds. The summed E-state index contributed by atoms with van der Waals surface area (Å²) < 4.78 is 1.72. The molecule has 2 aliphatic rings. The summed E-state index contributed by atoms with van der Waals surface area (Å²) in [5.74, 6) is 4.80. The van der Waals surface area contributed by atoms with Crippen molar-refractivity contribution in [2.75, 3.05) is 11.5 Å². The standard InChI is InChI=1S/C10H15N3OS/c14-9-3-1-2-8-11-10(12-13(8)9)7-4-5-15-6-7/h7,9,14H,1-6H2. The third kappa shape index (κ3) is 1.67. The molecule has 0 bridgehead atoms. The van der Waals surface area contributed by atoms with E-state index >= 15 is 0 Å². The fourth-order valence-electron chi connectivity index (χ4n) is 2.26. The largest absolute Gasteiger partial charge is 0.372 e. The van der Waals surface area contributed by atoms with E-state index in [4.69, 9.17) is 0 Å². The zero-order valence-corrected chi connectivity index (χ0v) is 9.41. The van der Waals surface area contributed by atoms with Gasteiger partial charge in [-0.15, -0.1) is 0 Å². The Hall–Kier alpha value is -0.550. The summed E-state index contributed by atoms with van der Waals surface area (Å²) >= 11 is 1.97. The van der Waals surface area contributed by atoms with Crippen LogP contribution in [0.2, 0.25) is 0 Å². The van der Waals surface area contributed by atoms with E-state index in [2.05, 4.69) is 10.1 Å². The zero-order chi connectivity index (χ0) is 10.3. The Labute approximate surface area is 93.1 Å². The molecule has 3 heterocycles. The number of nitrogens with zero attached hydrogens (tertiary/aromatic N) is 3. The van der Waals surface area contributed by atoms with Crippen LogP contribution in [-0.2, 0) is 6.42 Å². The minimum absolute atomic E-state index is 0.441. The number of aliphatic hydroxyl groups excluding tert-OH is 1. The molecule has 2 atom stereocenters. The van der Waals surface area contributed by atoms with Crippen LogP contribution in [0.25, 0.3) is 0 Å². The summed E-state index contributed by atoms with van der Waals surface area (Å²) in [6.45, 7) is 0. The van der Waals surface area contributed by atoms with E-state index in [1.165, 1.54) is 12.2 Å². The number of hydrogen-bond acceptors (Lipinski definition) is 4. The van der Waals surface area contributed by atoms with Gasteiger partial charge in [0.15, 0.2) is 5.82 Å². The maximum Gasteiger partial charge on any atom is 0.154 e. The molecule has 1 aromatic rings. The van der Waals surface area contributed by atoms with Gasteiger partial charge in [0.1, 0.15) is 12.1 Å². The van der Waals surface area contributed by atoms with Crippen molar-refractivity contribution in [3.05, 3.63) is 11.6 Å². The van der Waals surface area contributed by atoms with Gasteiger partial charge in [0.05, 0.1) is 0 Å². The average Bonchev–Trinajstić information content (AvgIpc) is 2.86. The lowest BCUT2D eigenvalue weighted by molar-refractivity contribution is 0.0643. The average molecular weight is 225 g/mol. The molecule has 0 radical (unpaired) electrons. The molecular formula is C10H15N3OS. The van der Waals surface area contributed by atoms with Crippen LogP contribution in [0.15, 0.2) is 0 Å². The number of fused-ring (bicyclic) bond motifs is 1. The molecule has 3 rings (SSSR count). The molecule has 0 aromatic carbocycles. The molecule has 2 aliphatic heterocycles. The lowest BCUT2D eigenvalue weighted by atomic mass is 10.1. The van der Waals surface area contributed by atoms with Crippen LogP contribution in [0.4, 0.5) is 0 Å². The summed E-state index contributed by atoms with van der Waals surface area (Å²) in [6, 6.07) is 0. The first kappa shape index (κ1) is 9.66. The van der Waals surface area contributed by atoms with Crippen LogP contribution in [0.3, 0.4) is 0 Å². The van der Waals surface area contributed by atoms with Gasteiger partial charge in [0, 0.05) is 18.1 Å². The quantitative estimate of drug-likeness (QED) is 0.783. The van der Waals surface area contributed by atoms with Gasteiger partial charge >= 0.3 is 0 Å². The molecule has 0 saturated carbocycles. The second-order valence-corrected chi connectivity index (χ2v) is 5.41. The maximum absolute atomic E-state index is 9.77. The van der Waals surface area contributed by atoms with Crippen LogP contribution in [0.5, 0.6) is 0 Å². The maximum atomic E-state index is 9.77. The second-order valence-electron chi connectivity index (χ2n) is 4.26. The van der Waals surface area contributed by atoms with Gasteiger partial charge in [-0.1, -0.05) is 0 Å². The molecule has 15 heavy (non-hydrogen) atoms. The van der Waals surface area contributed by atoms with E-state index in [-0.39, 0.29) is 0 Å². The highest BCUT2D eigenvalue weighted by atomic mass is 32.2. The molecule has 1 saturated heterocycles. The van der Waals surface area contributed by atoms with Crippen molar-refractivity contribution in [3.8, 4) is 0 Å². The number of aliphatic hydroxyl groups is 1. The van der Waals surface area contributed by atoms with Crippen molar-refractivity contribution in [1.82, 2.24) is 14.8 Å². The lowest BCUT2D eigenvalue weighted by Crippen LogP contribution is -2.18. The van der Waals surface area contributed by atoms with Crippen LogP contribution in [0, 0.1) is 0 Å². The highest BCUT2D eigenvalue weighted by molar-refractivity contribution is 7.99. The van der Waals surface area contributed by atoms with Crippen molar-refractivity contribution in [3.63, 3.8) is 0 Å². The van der Waals surface area contributed by atoms with Gasteiger partial charge in [-0.25, -0.2) is 9.67 Å². The Bertz CT molecular complexity index is 360. The third-order valence-electron chi connectivity index (χ3n) is 3.16. The molecule has 1 fully saturated rings. The Balaban J connectivity index is 1.90. The predicted molar refractivity (Wildman–Crippen MR) is 58.9 cm³/mol. The molecule has 0 aliphatic carbocycles. The minimum Gasteiger partial charge on any atom is -0.372 e. The molecule has 1 aromatic heterocycles. The first-order valence-electron chi connectivity index (χ1n) is 5.56. The zero-order valence-electron chi connectivity index (χ0n) is 8.59. The first-order valence-corrected chi connectivity index (χ1v) is 6.71. The first-order chi connectivity index (χ1) is 7.34. The van der Waals surface area contributed by atoms with Gasteiger partial charge in [-0.2, -0.15) is 16.9 Å². The number of hydrogen-bond donors (Lipinski definition) is 1. The van der Waals surface area contributed by atoms with Crippen molar-refractivity contribution >= 4 is 11.8 Å². The fraction of sp³-hybridized carbons (Fsp3) is 0.800. The van der Waals surface area contributed by atoms with Gasteiger partial charge in [-0.3, -0.25) is 0 Å². The van der Waals surface area contributed by atoms with Gasteiger partial charge in [-0.05, 0) is 25.0 Å². The van der Waals surface area contributed by atoms with Crippen molar-refractivity contribution in [1.29, 1.82) is 0 Å². The van der Waals surface area contributed by atoms with E-state index in [9.17, 15) is 5.11 Å². The number of rotatable bonds is 1. The summed E-state index contributed by atoms with van der Waals surface area (Å²) in [5, 5.41) is 14.2.